The van der Waals surface area contributed by atoms with Gasteiger partial charge < -0.3 is 0 Å². The van der Waals surface area contributed by atoms with Crippen LogP contribution >= 0.6 is 0 Å². The van der Waals surface area contributed by atoms with Gasteiger partial charge in [-0.15, -0.1) is 0 Å². The molecule has 1 saturated carbocycles. The minimum absolute atomic E-state index is 0.865. The second kappa shape index (κ2) is 7.24. The standard InChI is InChI=1S/C13H28N2/c1-4-14(5-2)12-15(6-3)13-10-8-7-9-11-13/h13H,4-12H2,1-3H3. The zero-order chi connectivity index (χ0) is 11.1. The molecule has 90 valence electrons. The lowest BCUT2D eigenvalue weighted by Gasteiger charge is -2.36. The molecule has 1 aliphatic carbocycles. The lowest BCUT2D eigenvalue weighted by molar-refractivity contribution is 0.0850. The van der Waals surface area contributed by atoms with E-state index in [4.69, 9.17) is 0 Å². The minimum atomic E-state index is 0.865. The predicted octanol–water partition coefficient (Wildman–Crippen LogP) is 2.94. The van der Waals surface area contributed by atoms with Crippen LogP contribution in [0.1, 0.15) is 52.9 Å². The van der Waals surface area contributed by atoms with Crippen LogP contribution in [0, 0.1) is 0 Å². The zero-order valence-corrected chi connectivity index (χ0v) is 10.8. The lowest BCUT2D eigenvalue weighted by atomic mass is 9.94. The maximum absolute atomic E-state index is 2.67. The van der Waals surface area contributed by atoms with Gasteiger partial charge in [-0.1, -0.05) is 40.0 Å². The number of nitrogens with zero attached hydrogens (tertiary/aromatic N) is 2. The first-order chi connectivity index (χ1) is 7.31. The van der Waals surface area contributed by atoms with Crippen LogP contribution < -0.4 is 0 Å². The first-order valence-electron chi connectivity index (χ1n) is 6.78. The average Bonchev–Trinajstić information content (AvgIpc) is 2.32. The Balaban J connectivity index is 2.38. The third kappa shape index (κ3) is 4.12. The molecule has 0 atom stereocenters. The fourth-order valence-corrected chi connectivity index (χ4v) is 2.60. The van der Waals surface area contributed by atoms with E-state index in [0.717, 1.165) is 6.04 Å². The Morgan fingerprint density at radius 1 is 0.867 bits per heavy atom. The van der Waals surface area contributed by atoms with E-state index in [2.05, 4.69) is 30.6 Å². The van der Waals surface area contributed by atoms with Crippen LogP contribution in [-0.4, -0.2) is 42.1 Å². The van der Waals surface area contributed by atoms with Gasteiger partial charge in [0.2, 0.25) is 0 Å². The van der Waals surface area contributed by atoms with Crippen LogP contribution in [0.5, 0.6) is 0 Å². The van der Waals surface area contributed by atoms with Crippen molar-refractivity contribution in [3.05, 3.63) is 0 Å². The topological polar surface area (TPSA) is 6.48 Å². The summed E-state index contributed by atoms with van der Waals surface area (Å²) in [5, 5.41) is 0. The summed E-state index contributed by atoms with van der Waals surface area (Å²) in [5.74, 6) is 0. The highest BCUT2D eigenvalue weighted by Crippen LogP contribution is 2.22. The molecule has 0 radical (unpaired) electrons. The van der Waals surface area contributed by atoms with E-state index < -0.39 is 0 Å². The molecule has 0 saturated heterocycles. The summed E-state index contributed by atoms with van der Waals surface area (Å²) in [6, 6.07) is 0.865. The van der Waals surface area contributed by atoms with Crippen LogP contribution in [0.4, 0.5) is 0 Å². The van der Waals surface area contributed by atoms with E-state index in [0.29, 0.717) is 0 Å². The van der Waals surface area contributed by atoms with Gasteiger partial charge in [0.15, 0.2) is 0 Å². The highest BCUT2D eigenvalue weighted by Gasteiger charge is 2.20. The molecule has 0 amide bonds. The van der Waals surface area contributed by atoms with Crippen LogP contribution in [0.3, 0.4) is 0 Å². The Bertz CT molecular complexity index is 149. The van der Waals surface area contributed by atoms with E-state index in [1.54, 1.807) is 0 Å². The van der Waals surface area contributed by atoms with E-state index >= 15 is 0 Å². The van der Waals surface area contributed by atoms with Gasteiger partial charge >= 0.3 is 0 Å². The average molecular weight is 212 g/mol. The molecule has 0 N–H and O–H groups in total. The molecule has 0 aromatic heterocycles. The van der Waals surface area contributed by atoms with Crippen molar-refractivity contribution in [2.75, 3.05) is 26.3 Å². The van der Waals surface area contributed by atoms with E-state index in [1.807, 2.05) is 0 Å². The van der Waals surface area contributed by atoms with Crippen molar-refractivity contribution in [3.63, 3.8) is 0 Å². The smallest absolute Gasteiger partial charge is 0.0508 e. The zero-order valence-electron chi connectivity index (χ0n) is 10.8. The van der Waals surface area contributed by atoms with Crippen LogP contribution in [0.25, 0.3) is 0 Å². The van der Waals surface area contributed by atoms with Crippen molar-refractivity contribution >= 4 is 0 Å². The summed E-state index contributed by atoms with van der Waals surface area (Å²) in [6.07, 6.45) is 7.20. The Kier molecular flexibility index (Phi) is 6.26. The Morgan fingerprint density at radius 3 is 1.93 bits per heavy atom. The monoisotopic (exact) mass is 212 g/mol. The van der Waals surface area contributed by atoms with E-state index in [1.165, 1.54) is 58.4 Å². The molecule has 0 aliphatic heterocycles. The summed E-state index contributed by atoms with van der Waals surface area (Å²) in [7, 11) is 0. The Labute approximate surface area is 95.6 Å². The molecule has 1 fully saturated rings. The van der Waals surface area contributed by atoms with Gasteiger partial charge in [-0.25, -0.2) is 0 Å². The third-order valence-electron chi connectivity index (χ3n) is 3.77. The van der Waals surface area contributed by atoms with Crippen LogP contribution in [0.2, 0.25) is 0 Å². The summed E-state index contributed by atoms with van der Waals surface area (Å²) in [6.45, 7) is 11.6. The number of rotatable bonds is 6. The predicted molar refractivity (Wildman–Crippen MR) is 67.0 cm³/mol. The Morgan fingerprint density at radius 2 is 1.47 bits per heavy atom. The largest absolute Gasteiger partial charge is 0.291 e. The number of hydrogen-bond acceptors (Lipinski definition) is 2. The molecular weight excluding hydrogens is 184 g/mol. The molecule has 1 aliphatic rings. The highest BCUT2D eigenvalue weighted by atomic mass is 15.3. The summed E-state index contributed by atoms with van der Waals surface area (Å²) < 4.78 is 0. The molecule has 2 nitrogen and oxygen atoms in total. The molecule has 0 heterocycles. The molecule has 0 aromatic carbocycles. The first kappa shape index (κ1) is 13.0. The maximum Gasteiger partial charge on any atom is 0.0508 e. The van der Waals surface area contributed by atoms with Crippen molar-refractivity contribution in [3.8, 4) is 0 Å². The van der Waals surface area contributed by atoms with E-state index in [9.17, 15) is 0 Å². The highest BCUT2D eigenvalue weighted by molar-refractivity contribution is 4.75. The van der Waals surface area contributed by atoms with Crippen LogP contribution in [-0.2, 0) is 0 Å². The molecule has 0 aromatic rings. The van der Waals surface area contributed by atoms with Gasteiger partial charge in [0.05, 0.1) is 6.67 Å². The molecule has 0 unspecified atom stereocenters. The van der Waals surface area contributed by atoms with E-state index in [-0.39, 0.29) is 0 Å². The molecular formula is C13H28N2. The normalized spacial score (nSPS) is 19.0. The summed E-state index contributed by atoms with van der Waals surface area (Å²) >= 11 is 0. The van der Waals surface area contributed by atoms with Gasteiger partial charge in [-0.2, -0.15) is 0 Å². The first-order valence-corrected chi connectivity index (χ1v) is 6.78. The fraction of sp³-hybridized carbons (Fsp3) is 1.00. The minimum Gasteiger partial charge on any atom is -0.291 e. The second-order valence-corrected chi connectivity index (χ2v) is 4.64. The lowest BCUT2D eigenvalue weighted by Crippen LogP contribution is -2.44. The van der Waals surface area contributed by atoms with Gasteiger partial charge in [-0.05, 0) is 32.5 Å². The van der Waals surface area contributed by atoms with Crippen molar-refractivity contribution in [2.45, 2.75) is 58.9 Å². The summed E-state index contributed by atoms with van der Waals surface area (Å²) in [5.41, 5.74) is 0. The second-order valence-electron chi connectivity index (χ2n) is 4.64. The SMILES string of the molecule is CCN(CC)CN(CC)C1CCCCC1. The Hall–Kier alpha value is -0.0800. The van der Waals surface area contributed by atoms with Gasteiger partial charge in [0.25, 0.3) is 0 Å². The fourth-order valence-electron chi connectivity index (χ4n) is 2.60. The molecule has 1 rings (SSSR count). The van der Waals surface area contributed by atoms with Crippen molar-refractivity contribution in [2.24, 2.45) is 0 Å². The summed E-state index contributed by atoms with van der Waals surface area (Å²) in [4.78, 5) is 5.20. The molecule has 0 bridgehead atoms. The number of hydrogen-bond donors (Lipinski definition) is 0. The quantitative estimate of drug-likeness (QED) is 0.625. The molecule has 15 heavy (non-hydrogen) atoms. The van der Waals surface area contributed by atoms with Crippen molar-refractivity contribution in [1.29, 1.82) is 0 Å². The van der Waals surface area contributed by atoms with Crippen LogP contribution in [0.15, 0.2) is 0 Å². The van der Waals surface area contributed by atoms with Crippen molar-refractivity contribution in [1.82, 2.24) is 9.80 Å². The van der Waals surface area contributed by atoms with Gasteiger partial charge in [0, 0.05) is 6.04 Å². The van der Waals surface area contributed by atoms with Gasteiger partial charge in [0.1, 0.15) is 0 Å². The van der Waals surface area contributed by atoms with Gasteiger partial charge in [-0.3, -0.25) is 9.80 Å². The molecule has 0 spiro atoms. The van der Waals surface area contributed by atoms with Crippen molar-refractivity contribution < 1.29 is 0 Å². The molecule has 2 heteroatoms. The maximum atomic E-state index is 2.67. The third-order valence-corrected chi connectivity index (χ3v) is 3.77.